The second-order valence-electron chi connectivity index (χ2n) is 9.50. The van der Waals surface area contributed by atoms with Crippen LogP contribution < -0.4 is 4.90 Å². The normalized spacial score (nSPS) is 11.7. The lowest BCUT2D eigenvalue weighted by Crippen LogP contribution is -2.40. The molecule has 37 heavy (non-hydrogen) atoms. The van der Waals surface area contributed by atoms with Crippen molar-refractivity contribution >= 4 is 32.8 Å². The lowest BCUT2D eigenvalue weighted by atomic mass is 10.00. The van der Waals surface area contributed by atoms with Crippen LogP contribution in [-0.2, 0) is 9.84 Å². The number of carbonyl (C=O) groups is 2. The SMILES string of the molecule is Cc1ccc(S(=O)(=O)C(C)(C)C(=O)c2ccc(N(C)c3ccc(C(=O)c4ccccc4)cc3)cc2)cc1. The van der Waals surface area contributed by atoms with Gasteiger partial charge in [0, 0.05) is 35.1 Å². The molecular formula is C31H29NO4S. The standard InChI is InChI=1S/C31H29NO4S/c1-22-10-20-28(21-11-22)37(35,36)31(2,3)30(34)25-14-18-27(19-15-25)32(4)26-16-12-24(13-17-26)29(33)23-8-6-5-7-9-23/h5-21H,1-4H3. The Morgan fingerprint density at radius 1 is 0.649 bits per heavy atom. The first-order chi connectivity index (χ1) is 17.5. The van der Waals surface area contributed by atoms with Crippen LogP contribution in [0.2, 0.25) is 0 Å². The number of rotatable bonds is 8. The van der Waals surface area contributed by atoms with Gasteiger partial charge in [-0.3, -0.25) is 9.59 Å². The number of nitrogens with zero attached hydrogens (tertiary/aromatic N) is 1. The minimum Gasteiger partial charge on any atom is -0.345 e. The van der Waals surface area contributed by atoms with E-state index in [9.17, 15) is 18.0 Å². The predicted octanol–water partition coefficient (Wildman–Crippen LogP) is 6.43. The molecule has 0 saturated heterocycles. The number of benzene rings is 4. The number of hydrogen-bond acceptors (Lipinski definition) is 5. The second-order valence-corrected chi connectivity index (χ2v) is 12.0. The average Bonchev–Trinajstić information content (AvgIpc) is 2.92. The van der Waals surface area contributed by atoms with Crippen molar-refractivity contribution in [3.05, 3.63) is 125 Å². The van der Waals surface area contributed by atoms with Crippen LogP contribution in [0.5, 0.6) is 0 Å². The first kappa shape index (κ1) is 26.0. The van der Waals surface area contributed by atoms with Crippen LogP contribution in [0.25, 0.3) is 0 Å². The largest absolute Gasteiger partial charge is 0.345 e. The highest BCUT2D eigenvalue weighted by atomic mass is 32.2. The molecule has 0 saturated carbocycles. The molecule has 4 rings (SSSR count). The van der Waals surface area contributed by atoms with Gasteiger partial charge in [-0.05, 0) is 81.4 Å². The van der Waals surface area contributed by atoms with E-state index in [1.54, 1.807) is 60.7 Å². The van der Waals surface area contributed by atoms with E-state index in [1.807, 2.05) is 49.2 Å². The number of anilines is 2. The van der Waals surface area contributed by atoms with Crippen LogP contribution in [0.4, 0.5) is 11.4 Å². The Balaban J connectivity index is 1.52. The maximum Gasteiger partial charge on any atom is 0.193 e. The molecular weight excluding hydrogens is 482 g/mol. The van der Waals surface area contributed by atoms with Crippen molar-refractivity contribution in [2.75, 3.05) is 11.9 Å². The number of aryl methyl sites for hydroxylation is 1. The summed E-state index contributed by atoms with van der Waals surface area (Å²) in [6, 6.07) is 29.8. The molecule has 0 aliphatic rings. The van der Waals surface area contributed by atoms with Gasteiger partial charge in [0.25, 0.3) is 0 Å². The van der Waals surface area contributed by atoms with E-state index >= 15 is 0 Å². The van der Waals surface area contributed by atoms with Crippen molar-refractivity contribution in [3.63, 3.8) is 0 Å². The highest BCUT2D eigenvalue weighted by molar-refractivity contribution is 7.93. The van der Waals surface area contributed by atoms with Gasteiger partial charge in [0.2, 0.25) is 0 Å². The number of hydrogen-bond donors (Lipinski definition) is 0. The Morgan fingerprint density at radius 2 is 1.11 bits per heavy atom. The fraction of sp³-hybridized carbons (Fsp3) is 0.161. The van der Waals surface area contributed by atoms with Gasteiger partial charge in [-0.25, -0.2) is 8.42 Å². The minimum atomic E-state index is -3.89. The van der Waals surface area contributed by atoms with E-state index in [1.165, 1.54) is 26.0 Å². The molecule has 0 aliphatic heterocycles. The van der Waals surface area contributed by atoms with E-state index in [4.69, 9.17) is 0 Å². The molecule has 0 heterocycles. The molecule has 0 bridgehead atoms. The minimum absolute atomic E-state index is 0.0409. The summed E-state index contributed by atoms with van der Waals surface area (Å²) >= 11 is 0. The second kappa shape index (κ2) is 10.1. The van der Waals surface area contributed by atoms with Gasteiger partial charge in [0.1, 0.15) is 4.75 Å². The first-order valence-corrected chi connectivity index (χ1v) is 13.4. The third-order valence-electron chi connectivity index (χ3n) is 6.62. The van der Waals surface area contributed by atoms with Crippen LogP contribution >= 0.6 is 0 Å². The van der Waals surface area contributed by atoms with Crippen molar-refractivity contribution in [2.45, 2.75) is 30.4 Å². The zero-order valence-electron chi connectivity index (χ0n) is 21.3. The van der Waals surface area contributed by atoms with E-state index in [0.29, 0.717) is 16.7 Å². The zero-order chi connectivity index (χ0) is 26.8. The summed E-state index contributed by atoms with van der Waals surface area (Å²) in [5, 5.41) is 0. The Bertz CT molecular complexity index is 1520. The summed E-state index contributed by atoms with van der Waals surface area (Å²) < 4.78 is 24.9. The topological polar surface area (TPSA) is 71.5 Å². The summed E-state index contributed by atoms with van der Waals surface area (Å²) in [6.45, 7) is 4.77. The summed E-state index contributed by atoms with van der Waals surface area (Å²) in [4.78, 5) is 28.0. The molecule has 188 valence electrons. The molecule has 0 unspecified atom stereocenters. The van der Waals surface area contributed by atoms with Gasteiger partial charge in [-0.2, -0.15) is 0 Å². The molecule has 0 atom stereocenters. The third-order valence-corrected chi connectivity index (χ3v) is 9.04. The Kier molecular flexibility index (Phi) is 7.14. The smallest absolute Gasteiger partial charge is 0.193 e. The van der Waals surface area contributed by atoms with E-state index < -0.39 is 20.4 Å². The van der Waals surface area contributed by atoms with Gasteiger partial charge >= 0.3 is 0 Å². The lowest BCUT2D eigenvalue weighted by molar-refractivity contribution is 0.0953. The number of sulfone groups is 1. The van der Waals surface area contributed by atoms with Gasteiger partial charge in [0.05, 0.1) is 4.90 Å². The van der Waals surface area contributed by atoms with Crippen molar-refractivity contribution in [2.24, 2.45) is 0 Å². The lowest BCUT2D eigenvalue weighted by Gasteiger charge is -2.24. The van der Waals surface area contributed by atoms with Gasteiger partial charge in [0.15, 0.2) is 21.4 Å². The number of carbonyl (C=O) groups excluding carboxylic acids is 2. The molecule has 5 nitrogen and oxygen atoms in total. The molecule has 6 heteroatoms. The maximum atomic E-state index is 13.3. The molecule has 0 amide bonds. The van der Waals surface area contributed by atoms with Crippen LogP contribution in [0, 0.1) is 6.92 Å². The number of ketones is 2. The number of Topliss-reactive ketones (excluding diaryl/α,β-unsaturated/α-hetero) is 1. The molecule has 0 fully saturated rings. The highest BCUT2D eigenvalue weighted by Gasteiger charge is 2.43. The Hall–Kier alpha value is -4.03. The molecule has 0 radical (unpaired) electrons. The third kappa shape index (κ3) is 5.11. The molecule has 4 aromatic carbocycles. The predicted molar refractivity (Wildman–Crippen MR) is 148 cm³/mol. The quantitative estimate of drug-likeness (QED) is 0.255. The maximum absolute atomic E-state index is 13.3. The van der Waals surface area contributed by atoms with E-state index in [-0.39, 0.29) is 10.7 Å². The Morgan fingerprint density at radius 3 is 1.62 bits per heavy atom. The first-order valence-electron chi connectivity index (χ1n) is 11.9. The molecule has 4 aromatic rings. The highest BCUT2D eigenvalue weighted by Crippen LogP contribution is 2.31. The summed E-state index contributed by atoms with van der Waals surface area (Å²) in [5.74, 6) is -0.507. The van der Waals surface area contributed by atoms with E-state index in [2.05, 4.69) is 0 Å². The van der Waals surface area contributed by atoms with Gasteiger partial charge in [-0.1, -0.05) is 48.0 Å². The fourth-order valence-electron chi connectivity index (χ4n) is 4.06. The monoisotopic (exact) mass is 511 g/mol. The summed E-state index contributed by atoms with van der Waals surface area (Å²) in [6.07, 6.45) is 0. The molecule has 0 spiro atoms. The van der Waals surface area contributed by atoms with Crippen molar-refractivity contribution in [3.8, 4) is 0 Å². The molecule has 0 aromatic heterocycles. The van der Waals surface area contributed by atoms with Crippen LogP contribution in [-0.4, -0.2) is 31.8 Å². The van der Waals surface area contributed by atoms with Gasteiger partial charge in [-0.15, -0.1) is 0 Å². The average molecular weight is 512 g/mol. The van der Waals surface area contributed by atoms with Crippen molar-refractivity contribution in [1.82, 2.24) is 0 Å². The zero-order valence-corrected chi connectivity index (χ0v) is 22.1. The summed E-state index contributed by atoms with van der Waals surface area (Å²) in [5.41, 5.74) is 4.18. The van der Waals surface area contributed by atoms with Crippen LogP contribution in [0.3, 0.4) is 0 Å². The van der Waals surface area contributed by atoms with Gasteiger partial charge < -0.3 is 4.90 Å². The van der Waals surface area contributed by atoms with Crippen LogP contribution in [0.1, 0.15) is 45.7 Å². The van der Waals surface area contributed by atoms with Crippen molar-refractivity contribution < 1.29 is 18.0 Å². The molecule has 0 N–H and O–H groups in total. The van der Waals surface area contributed by atoms with E-state index in [0.717, 1.165) is 16.9 Å². The van der Waals surface area contributed by atoms with Crippen LogP contribution in [0.15, 0.2) is 108 Å². The van der Waals surface area contributed by atoms with Crippen molar-refractivity contribution in [1.29, 1.82) is 0 Å². The Labute approximate surface area is 218 Å². The molecule has 0 aliphatic carbocycles. The summed E-state index contributed by atoms with van der Waals surface area (Å²) in [7, 11) is -2.01. The fourth-order valence-corrected chi connectivity index (χ4v) is 5.51.